The Morgan fingerprint density at radius 3 is 2.62 bits per heavy atom. The van der Waals surface area contributed by atoms with E-state index in [0.29, 0.717) is 18.4 Å². The van der Waals surface area contributed by atoms with E-state index >= 15 is 0 Å². The Balaban J connectivity index is 2.31. The Bertz CT molecular complexity index is 410. The van der Waals surface area contributed by atoms with E-state index in [2.05, 4.69) is 34.7 Å². The lowest BCUT2D eigenvalue weighted by atomic mass is 9.96. The van der Waals surface area contributed by atoms with Gasteiger partial charge in [0.1, 0.15) is 5.60 Å². The number of ether oxygens (including phenoxy) is 1. The molecule has 6 heteroatoms. The first-order valence-corrected chi connectivity index (χ1v) is 7.43. The van der Waals surface area contributed by atoms with Gasteiger partial charge >= 0.3 is 6.09 Å². The van der Waals surface area contributed by atoms with Gasteiger partial charge in [0.2, 0.25) is 0 Å². The molecule has 0 bridgehead atoms. The van der Waals surface area contributed by atoms with Crippen LogP contribution in [0.25, 0.3) is 0 Å². The number of aromatic nitrogens is 2. The molecule has 0 saturated carbocycles. The molecule has 0 radical (unpaired) electrons. The van der Waals surface area contributed by atoms with E-state index in [1.54, 1.807) is 6.20 Å². The van der Waals surface area contributed by atoms with Crippen LogP contribution in [0.5, 0.6) is 0 Å². The van der Waals surface area contributed by atoms with Crippen molar-refractivity contribution in [2.75, 3.05) is 13.1 Å². The van der Waals surface area contributed by atoms with Gasteiger partial charge in [0.05, 0.1) is 0 Å². The number of carbonyl (C=O) groups is 1. The van der Waals surface area contributed by atoms with Gasteiger partial charge in [-0.25, -0.2) is 4.79 Å². The maximum atomic E-state index is 11.7. The van der Waals surface area contributed by atoms with E-state index < -0.39 is 5.60 Å². The molecule has 0 aliphatic rings. The molecule has 1 aromatic heterocycles. The summed E-state index contributed by atoms with van der Waals surface area (Å²) in [7, 11) is 0. The number of nitrogens with one attached hydrogen (secondary N) is 3. The summed E-state index contributed by atoms with van der Waals surface area (Å²) in [5.74, 6) is 0.814. The molecule has 0 aliphatic heterocycles. The fourth-order valence-electron chi connectivity index (χ4n) is 1.85. The number of alkyl carbamates (subject to hydrolysis) is 1. The van der Waals surface area contributed by atoms with Gasteiger partial charge < -0.3 is 15.4 Å². The van der Waals surface area contributed by atoms with Crippen LogP contribution in [0, 0.1) is 11.8 Å². The topological polar surface area (TPSA) is 79.0 Å². The maximum absolute atomic E-state index is 11.7. The van der Waals surface area contributed by atoms with E-state index in [-0.39, 0.29) is 6.09 Å². The van der Waals surface area contributed by atoms with Crippen LogP contribution in [-0.4, -0.2) is 35.0 Å². The van der Waals surface area contributed by atoms with Gasteiger partial charge in [-0.3, -0.25) is 5.10 Å². The molecule has 21 heavy (non-hydrogen) atoms. The molecule has 0 saturated heterocycles. The summed E-state index contributed by atoms with van der Waals surface area (Å²) >= 11 is 0. The molecule has 1 unspecified atom stereocenters. The minimum Gasteiger partial charge on any atom is -0.444 e. The second-order valence-corrected chi connectivity index (χ2v) is 6.60. The summed E-state index contributed by atoms with van der Waals surface area (Å²) in [6, 6.07) is 1.94. The monoisotopic (exact) mass is 296 g/mol. The van der Waals surface area contributed by atoms with Crippen molar-refractivity contribution in [2.24, 2.45) is 11.8 Å². The van der Waals surface area contributed by atoms with E-state index in [9.17, 15) is 4.79 Å². The summed E-state index contributed by atoms with van der Waals surface area (Å²) in [5, 5.41) is 13.0. The summed E-state index contributed by atoms with van der Waals surface area (Å²) in [5.41, 5.74) is 0.591. The molecule has 1 atom stereocenters. The van der Waals surface area contributed by atoms with Crippen molar-refractivity contribution in [3.8, 4) is 0 Å². The van der Waals surface area contributed by atoms with Crippen LogP contribution in [0.15, 0.2) is 12.3 Å². The lowest BCUT2D eigenvalue weighted by Crippen LogP contribution is -2.39. The third kappa shape index (κ3) is 7.70. The summed E-state index contributed by atoms with van der Waals surface area (Å²) < 4.78 is 5.25. The van der Waals surface area contributed by atoms with Crippen LogP contribution >= 0.6 is 0 Å². The SMILES string of the molecule is CC(C)C(CNCc1ccn[nH]1)CNC(=O)OC(C)(C)C. The number of rotatable bonds is 7. The van der Waals surface area contributed by atoms with E-state index in [1.165, 1.54) is 0 Å². The molecule has 3 N–H and O–H groups in total. The quantitative estimate of drug-likeness (QED) is 0.721. The molecular weight excluding hydrogens is 268 g/mol. The number of amides is 1. The lowest BCUT2D eigenvalue weighted by Gasteiger charge is -2.24. The average Bonchev–Trinajstić information content (AvgIpc) is 2.83. The fourth-order valence-corrected chi connectivity index (χ4v) is 1.85. The number of hydrogen-bond acceptors (Lipinski definition) is 4. The first kappa shape index (κ1) is 17.5. The minimum atomic E-state index is -0.462. The third-order valence-corrected chi connectivity index (χ3v) is 3.13. The molecular formula is C15H28N4O2. The highest BCUT2D eigenvalue weighted by Crippen LogP contribution is 2.10. The Morgan fingerprint density at radius 1 is 1.38 bits per heavy atom. The van der Waals surface area contributed by atoms with Gasteiger partial charge in [-0.1, -0.05) is 13.8 Å². The van der Waals surface area contributed by atoms with Crippen molar-refractivity contribution in [1.29, 1.82) is 0 Å². The molecule has 120 valence electrons. The zero-order valence-corrected chi connectivity index (χ0v) is 13.7. The summed E-state index contributed by atoms with van der Waals surface area (Å²) in [6.45, 7) is 12.1. The molecule has 0 aliphatic carbocycles. The molecule has 1 heterocycles. The van der Waals surface area contributed by atoms with E-state index in [0.717, 1.165) is 18.8 Å². The van der Waals surface area contributed by atoms with Crippen molar-refractivity contribution in [2.45, 2.75) is 46.8 Å². The van der Waals surface area contributed by atoms with Gasteiger partial charge in [0, 0.05) is 31.5 Å². The number of carbonyl (C=O) groups excluding carboxylic acids is 1. The summed E-state index contributed by atoms with van der Waals surface area (Å²) in [6.07, 6.45) is 1.38. The van der Waals surface area contributed by atoms with Gasteiger partial charge in [-0.15, -0.1) is 0 Å². The summed E-state index contributed by atoms with van der Waals surface area (Å²) in [4.78, 5) is 11.7. The Morgan fingerprint density at radius 2 is 2.10 bits per heavy atom. The van der Waals surface area contributed by atoms with Crippen molar-refractivity contribution in [3.63, 3.8) is 0 Å². The highest BCUT2D eigenvalue weighted by atomic mass is 16.6. The van der Waals surface area contributed by atoms with E-state index in [4.69, 9.17) is 4.74 Å². The van der Waals surface area contributed by atoms with Crippen molar-refractivity contribution in [3.05, 3.63) is 18.0 Å². The normalized spacial score (nSPS) is 13.2. The maximum Gasteiger partial charge on any atom is 0.407 e. The molecule has 0 spiro atoms. The molecule has 0 fully saturated rings. The van der Waals surface area contributed by atoms with Crippen molar-refractivity contribution < 1.29 is 9.53 Å². The van der Waals surface area contributed by atoms with Crippen LogP contribution in [-0.2, 0) is 11.3 Å². The van der Waals surface area contributed by atoms with Gasteiger partial charge in [-0.05, 0) is 38.7 Å². The highest BCUT2D eigenvalue weighted by molar-refractivity contribution is 5.67. The van der Waals surface area contributed by atoms with Gasteiger partial charge in [-0.2, -0.15) is 5.10 Å². The zero-order chi connectivity index (χ0) is 15.9. The largest absolute Gasteiger partial charge is 0.444 e. The second kappa shape index (κ2) is 8.02. The Hall–Kier alpha value is -1.56. The Labute approximate surface area is 127 Å². The van der Waals surface area contributed by atoms with Crippen LogP contribution in [0.3, 0.4) is 0 Å². The zero-order valence-electron chi connectivity index (χ0n) is 13.7. The Kier molecular flexibility index (Phi) is 6.68. The van der Waals surface area contributed by atoms with Crippen LogP contribution < -0.4 is 10.6 Å². The van der Waals surface area contributed by atoms with Crippen molar-refractivity contribution >= 4 is 6.09 Å². The smallest absolute Gasteiger partial charge is 0.407 e. The second-order valence-electron chi connectivity index (χ2n) is 6.60. The third-order valence-electron chi connectivity index (χ3n) is 3.13. The molecule has 0 aromatic carbocycles. The number of aromatic amines is 1. The standard InChI is InChI=1S/C15H28N4O2/c1-11(2)12(8-16-10-13-6-7-18-19-13)9-17-14(20)21-15(3,4)5/h6-7,11-12,16H,8-10H2,1-5H3,(H,17,20)(H,18,19). The van der Waals surface area contributed by atoms with Crippen molar-refractivity contribution in [1.82, 2.24) is 20.8 Å². The first-order valence-electron chi connectivity index (χ1n) is 7.43. The van der Waals surface area contributed by atoms with Crippen LogP contribution in [0.2, 0.25) is 0 Å². The first-order chi connectivity index (χ1) is 9.78. The predicted octanol–water partition coefficient (Wildman–Crippen LogP) is 2.30. The highest BCUT2D eigenvalue weighted by Gasteiger charge is 2.18. The molecule has 1 amide bonds. The number of H-pyrrole nitrogens is 1. The van der Waals surface area contributed by atoms with Crippen LogP contribution in [0.1, 0.15) is 40.3 Å². The molecule has 1 aromatic rings. The van der Waals surface area contributed by atoms with Gasteiger partial charge in [0.25, 0.3) is 0 Å². The number of hydrogen-bond donors (Lipinski definition) is 3. The predicted molar refractivity (Wildman–Crippen MR) is 82.9 cm³/mol. The van der Waals surface area contributed by atoms with E-state index in [1.807, 2.05) is 26.8 Å². The fraction of sp³-hybridized carbons (Fsp3) is 0.733. The average molecular weight is 296 g/mol. The number of nitrogens with zero attached hydrogens (tertiary/aromatic N) is 1. The minimum absolute atomic E-state index is 0.348. The molecule has 1 rings (SSSR count). The molecule has 6 nitrogen and oxygen atoms in total. The van der Waals surface area contributed by atoms with Gasteiger partial charge in [0.15, 0.2) is 0 Å². The van der Waals surface area contributed by atoms with Crippen LogP contribution in [0.4, 0.5) is 4.79 Å². The lowest BCUT2D eigenvalue weighted by molar-refractivity contribution is 0.0515.